The van der Waals surface area contributed by atoms with Crippen LogP contribution in [-0.2, 0) is 12.8 Å². The van der Waals surface area contributed by atoms with E-state index in [1.54, 1.807) is 24.4 Å². The third kappa shape index (κ3) is 4.65. The molecule has 0 aliphatic rings. The molecule has 0 fully saturated rings. The molecule has 7 heteroatoms. The fourth-order valence-corrected chi connectivity index (χ4v) is 3.26. The van der Waals surface area contributed by atoms with Gasteiger partial charge in [-0.25, -0.2) is 9.83 Å². The van der Waals surface area contributed by atoms with Crippen LogP contribution in [0.25, 0.3) is 27.5 Å². The standard InChI is InChI=1S/C25H18F3N3O/c1-16-12-18(8-11-23(16)32-15-17-6-9-21(29-2)10-7-17)22-14-30-24(31-22)19-4-3-5-20(13-19)25(26,27)28/h3-14H,15H2,1H3,(H,30,31). The van der Waals surface area contributed by atoms with Crippen molar-refractivity contribution in [1.29, 1.82) is 0 Å². The van der Waals surface area contributed by atoms with E-state index in [0.29, 0.717) is 29.4 Å². The summed E-state index contributed by atoms with van der Waals surface area (Å²) < 4.78 is 44.9. The first kappa shape index (κ1) is 21.2. The van der Waals surface area contributed by atoms with E-state index in [2.05, 4.69) is 14.8 Å². The Labute approximate surface area is 183 Å². The zero-order valence-corrected chi connectivity index (χ0v) is 17.1. The lowest BCUT2D eigenvalue weighted by molar-refractivity contribution is -0.137. The van der Waals surface area contributed by atoms with Crippen molar-refractivity contribution in [3.8, 4) is 28.4 Å². The van der Waals surface area contributed by atoms with Gasteiger partial charge in [0.1, 0.15) is 18.2 Å². The number of aromatic nitrogens is 2. The molecule has 0 aliphatic heterocycles. The minimum absolute atomic E-state index is 0.368. The van der Waals surface area contributed by atoms with Gasteiger partial charge >= 0.3 is 6.18 Å². The summed E-state index contributed by atoms with van der Waals surface area (Å²) in [6.07, 6.45) is -2.80. The predicted molar refractivity (Wildman–Crippen MR) is 116 cm³/mol. The van der Waals surface area contributed by atoms with Gasteiger partial charge in [0.2, 0.25) is 0 Å². The van der Waals surface area contributed by atoms with Gasteiger partial charge in [-0.1, -0.05) is 36.4 Å². The first-order valence-corrected chi connectivity index (χ1v) is 9.76. The highest BCUT2D eigenvalue weighted by molar-refractivity contribution is 5.66. The van der Waals surface area contributed by atoms with Crippen molar-refractivity contribution in [2.75, 3.05) is 0 Å². The maximum Gasteiger partial charge on any atom is 0.416 e. The van der Waals surface area contributed by atoms with E-state index in [9.17, 15) is 13.2 Å². The number of imidazole rings is 1. The van der Waals surface area contributed by atoms with Crippen molar-refractivity contribution in [3.05, 3.63) is 101 Å². The number of nitrogens with one attached hydrogen (secondary N) is 1. The minimum Gasteiger partial charge on any atom is -0.489 e. The number of alkyl halides is 3. The van der Waals surface area contributed by atoms with Crippen molar-refractivity contribution in [1.82, 2.24) is 9.97 Å². The van der Waals surface area contributed by atoms with Gasteiger partial charge in [0.05, 0.1) is 24.0 Å². The highest BCUT2D eigenvalue weighted by atomic mass is 19.4. The second kappa shape index (κ2) is 8.60. The molecule has 32 heavy (non-hydrogen) atoms. The molecule has 0 unspecified atom stereocenters. The first-order chi connectivity index (χ1) is 15.3. The zero-order chi connectivity index (χ0) is 22.7. The van der Waals surface area contributed by atoms with Crippen LogP contribution in [0.3, 0.4) is 0 Å². The van der Waals surface area contributed by atoms with Gasteiger partial charge in [0.15, 0.2) is 5.69 Å². The second-order valence-corrected chi connectivity index (χ2v) is 7.27. The molecule has 4 aromatic rings. The quantitative estimate of drug-likeness (QED) is 0.338. The van der Waals surface area contributed by atoms with Crippen LogP contribution in [0.5, 0.6) is 5.75 Å². The van der Waals surface area contributed by atoms with Crippen molar-refractivity contribution >= 4 is 5.69 Å². The van der Waals surface area contributed by atoms with Crippen molar-refractivity contribution < 1.29 is 17.9 Å². The van der Waals surface area contributed by atoms with Crippen LogP contribution >= 0.6 is 0 Å². The Bertz CT molecular complexity index is 1290. The molecule has 4 rings (SSSR count). The number of aromatic amines is 1. The Morgan fingerprint density at radius 2 is 1.78 bits per heavy atom. The summed E-state index contributed by atoms with van der Waals surface area (Å²) in [4.78, 5) is 10.7. The van der Waals surface area contributed by atoms with Crippen LogP contribution < -0.4 is 4.74 Å². The average molecular weight is 433 g/mol. The molecule has 0 aliphatic carbocycles. The summed E-state index contributed by atoms with van der Waals surface area (Å²) in [6, 6.07) is 17.9. The first-order valence-electron chi connectivity index (χ1n) is 9.76. The number of halogens is 3. The number of ether oxygens (including phenoxy) is 1. The van der Waals surface area contributed by atoms with E-state index < -0.39 is 11.7 Å². The Morgan fingerprint density at radius 3 is 2.47 bits per heavy atom. The Hall–Kier alpha value is -4.05. The predicted octanol–water partition coefficient (Wildman–Crippen LogP) is 7.20. The van der Waals surface area contributed by atoms with Crippen LogP contribution in [0.4, 0.5) is 18.9 Å². The molecule has 1 heterocycles. The number of aryl methyl sites for hydroxylation is 1. The van der Waals surface area contributed by atoms with Crippen LogP contribution in [0.1, 0.15) is 16.7 Å². The summed E-state index contributed by atoms with van der Waals surface area (Å²) in [6.45, 7) is 9.29. The molecule has 0 saturated heterocycles. The minimum atomic E-state index is -4.41. The Balaban J connectivity index is 1.50. The fourth-order valence-electron chi connectivity index (χ4n) is 3.26. The van der Waals surface area contributed by atoms with E-state index >= 15 is 0 Å². The van der Waals surface area contributed by atoms with E-state index in [-0.39, 0.29) is 0 Å². The maximum atomic E-state index is 13.0. The van der Waals surface area contributed by atoms with Crippen LogP contribution in [0, 0.1) is 13.5 Å². The van der Waals surface area contributed by atoms with Gasteiger partial charge in [0.25, 0.3) is 0 Å². The third-order valence-electron chi connectivity index (χ3n) is 4.98. The lowest BCUT2D eigenvalue weighted by Crippen LogP contribution is -2.04. The lowest BCUT2D eigenvalue weighted by Gasteiger charge is -2.10. The number of benzene rings is 3. The Morgan fingerprint density at radius 1 is 1.00 bits per heavy atom. The highest BCUT2D eigenvalue weighted by Gasteiger charge is 2.30. The maximum absolute atomic E-state index is 13.0. The zero-order valence-electron chi connectivity index (χ0n) is 17.1. The molecular weight excluding hydrogens is 415 g/mol. The molecular formula is C25H18F3N3O. The molecule has 0 bridgehead atoms. The van der Waals surface area contributed by atoms with E-state index in [1.165, 1.54) is 6.07 Å². The van der Waals surface area contributed by atoms with Crippen molar-refractivity contribution in [3.63, 3.8) is 0 Å². The van der Waals surface area contributed by atoms with Gasteiger partial charge in [0, 0.05) is 11.1 Å². The molecule has 160 valence electrons. The van der Waals surface area contributed by atoms with Gasteiger partial charge < -0.3 is 9.72 Å². The van der Waals surface area contributed by atoms with Gasteiger partial charge in [-0.15, -0.1) is 0 Å². The van der Waals surface area contributed by atoms with E-state index in [0.717, 1.165) is 34.6 Å². The number of hydrogen-bond acceptors (Lipinski definition) is 2. The van der Waals surface area contributed by atoms with Crippen LogP contribution in [-0.4, -0.2) is 9.97 Å². The van der Waals surface area contributed by atoms with Gasteiger partial charge in [-0.3, -0.25) is 0 Å². The molecule has 4 nitrogen and oxygen atoms in total. The highest BCUT2D eigenvalue weighted by Crippen LogP contribution is 2.32. The van der Waals surface area contributed by atoms with Crippen LogP contribution in [0.2, 0.25) is 0 Å². The Kier molecular flexibility index (Phi) is 5.69. The van der Waals surface area contributed by atoms with E-state index in [4.69, 9.17) is 11.3 Å². The molecule has 3 aromatic carbocycles. The number of hydrogen-bond donors (Lipinski definition) is 1. The average Bonchev–Trinajstić information content (AvgIpc) is 3.28. The number of rotatable bonds is 5. The van der Waals surface area contributed by atoms with Crippen LogP contribution in [0.15, 0.2) is 72.9 Å². The summed E-state index contributed by atoms with van der Waals surface area (Å²) in [5, 5.41) is 0. The van der Waals surface area contributed by atoms with Gasteiger partial charge in [-0.05, 0) is 48.4 Å². The van der Waals surface area contributed by atoms with Crippen molar-refractivity contribution in [2.24, 2.45) is 0 Å². The summed E-state index contributed by atoms with van der Waals surface area (Å²) in [5.74, 6) is 1.09. The third-order valence-corrected chi connectivity index (χ3v) is 4.98. The second-order valence-electron chi connectivity index (χ2n) is 7.27. The lowest BCUT2D eigenvalue weighted by atomic mass is 10.1. The van der Waals surface area contributed by atoms with Crippen molar-refractivity contribution in [2.45, 2.75) is 19.7 Å². The number of nitrogens with zero attached hydrogens (tertiary/aromatic N) is 2. The normalized spacial score (nSPS) is 11.2. The summed E-state index contributed by atoms with van der Waals surface area (Å²) in [5.41, 5.74) is 3.65. The fraction of sp³-hybridized carbons (Fsp3) is 0.120. The smallest absolute Gasteiger partial charge is 0.416 e. The molecule has 0 spiro atoms. The molecule has 0 atom stereocenters. The van der Waals surface area contributed by atoms with Gasteiger partial charge in [-0.2, -0.15) is 13.2 Å². The molecule has 1 aromatic heterocycles. The SMILES string of the molecule is [C-]#[N+]c1ccc(COc2ccc(-c3cnc(-c4cccc(C(F)(F)F)c4)[nH]3)cc2C)cc1. The summed E-state index contributed by atoms with van der Waals surface area (Å²) in [7, 11) is 0. The topological polar surface area (TPSA) is 42.3 Å². The molecule has 1 N–H and O–H groups in total. The number of H-pyrrole nitrogens is 1. The largest absolute Gasteiger partial charge is 0.489 e. The molecule has 0 radical (unpaired) electrons. The molecule has 0 amide bonds. The monoisotopic (exact) mass is 433 g/mol. The van der Waals surface area contributed by atoms with E-state index in [1.807, 2.05) is 37.3 Å². The molecule has 0 saturated carbocycles. The summed E-state index contributed by atoms with van der Waals surface area (Å²) >= 11 is 0.